The van der Waals surface area contributed by atoms with E-state index in [1.165, 1.54) is 23.0 Å². The van der Waals surface area contributed by atoms with Crippen LogP contribution in [0, 0.1) is 3.57 Å². The quantitative estimate of drug-likeness (QED) is 0.575. The lowest BCUT2D eigenvalue weighted by molar-refractivity contribution is -0.137. The summed E-state index contributed by atoms with van der Waals surface area (Å²) in [6.07, 6.45) is -2.95. The summed E-state index contributed by atoms with van der Waals surface area (Å²) in [5.74, 6) is 0. The van der Waals surface area contributed by atoms with Crippen LogP contribution in [0.2, 0.25) is 0 Å². The number of rotatable bonds is 2. The number of fused-ring (bicyclic) bond motifs is 1. The van der Waals surface area contributed by atoms with Gasteiger partial charge < -0.3 is 0 Å². The average Bonchev–Trinajstić information content (AvgIpc) is 2.50. The van der Waals surface area contributed by atoms with E-state index in [0.29, 0.717) is 16.5 Å². The lowest BCUT2D eigenvalue weighted by Gasteiger charge is -2.09. The molecule has 0 radical (unpaired) electrons. The summed E-state index contributed by atoms with van der Waals surface area (Å²) < 4.78 is 40.0. The smallest absolute Gasteiger partial charge is 0.294 e. The molecule has 118 valence electrons. The van der Waals surface area contributed by atoms with E-state index >= 15 is 0 Å². The van der Waals surface area contributed by atoms with Gasteiger partial charge in [0.25, 0.3) is 5.56 Å². The second kappa shape index (κ2) is 5.95. The van der Waals surface area contributed by atoms with Crippen molar-refractivity contribution in [3.8, 4) is 0 Å². The van der Waals surface area contributed by atoms with E-state index in [1.807, 2.05) is 6.07 Å². The first kappa shape index (κ1) is 16.0. The predicted molar refractivity (Wildman–Crippen MR) is 89.3 cm³/mol. The minimum atomic E-state index is -4.36. The summed E-state index contributed by atoms with van der Waals surface area (Å²) in [6.45, 7) is 0.172. The van der Waals surface area contributed by atoms with Gasteiger partial charge >= 0.3 is 6.18 Å². The number of aromatic nitrogens is 2. The maximum Gasteiger partial charge on any atom is 0.416 e. The third-order valence-electron chi connectivity index (χ3n) is 3.42. The van der Waals surface area contributed by atoms with Gasteiger partial charge in [0.2, 0.25) is 0 Å². The number of nitrogens with zero attached hydrogens (tertiary/aromatic N) is 2. The molecule has 0 atom stereocenters. The molecule has 0 aliphatic heterocycles. The lowest BCUT2D eigenvalue weighted by Crippen LogP contribution is -2.21. The van der Waals surface area contributed by atoms with Crippen molar-refractivity contribution in [2.75, 3.05) is 0 Å². The molecule has 0 saturated carbocycles. The molecule has 3 rings (SSSR count). The maximum absolute atomic E-state index is 12.6. The standard InChI is InChI=1S/C16H10F3IN2O/c17-16(18,19)11-3-1-10(2-4-11)8-22-9-21-14-6-5-12(20)7-13(14)15(22)23/h1-7,9H,8H2. The summed E-state index contributed by atoms with van der Waals surface area (Å²) in [6, 6.07) is 10.1. The van der Waals surface area contributed by atoms with Crippen LogP contribution in [0.1, 0.15) is 11.1 Å². The molecule has 7 heteroatoms. The Labute approximate surface area is 142 Å². The van der Waals surface area contributed by atoms with Crippen LogP contribution in [0.15, 0.2) is 53.6 Å². The summed E-state index contributed by atoms with van der Waals surface area (Å²) in [5, 5.41) is 0.492. The van der Waals surface area contributed by atoms with Gasteiger partial charge in [-0.15, -0.1) is 0 Å². The van der Waals surface area contributed by atoms with E-state index in [2.05, 4.69) is 27.6 Å². The van der Waals surface area contributed by atoms with Crippen LogP contribution < -0.4 is 5.56 Å². The van der Waals surface area contributed by atoms with Gasteiger partial charge in [-0.1, -0.05) is 12.1 Å². The first-order valence-corrected chi connectivity index (χ1v) is 7.73. The largest absolute Gasteiger partial charge is 0.416 e. The highest BCUT2D eigenvalue weighted by Crippen LogP contribution is 2.29. The molecular formula is C16H10F3IN2O. The Morgan fingerprint density at radius 1 is 1.09 bits per heavy atom. The van der Waals surface area contributed by atoms with Crippen molar-refractivity contribution in [1.82, 2.24) is 9.55 Å². The van der Waals surface area contributed by atoms with Gasteiger partial charge in [-0.25, -0.2) is 4.98 Å². The van der Waals surface area contributed by atoms with E-state index in [9.17, 15) is 18.0 Å². The molecule has 3 nitrogen and oxygen atoms in total. The summed E-state index contributed by atoms with van der Waals surface area (Å²) in [4.78, 5) is 16.7. The highest BCUT2D eigenvalue weighted by atomic mass is 127. The van der Waals surface area contributed by atoms with Gasteiger partial charge in [0, 0.05) is 3.57 Å². The summed E-state index contributed by atoms with van der Waals surface area (Å²) >= 11 is 2.11. The molecule has 23 heavy (non-hydrogen) atoms. The second-order valence-corrected chi connectivity index (χ2v) is 6.28. The van der Waals surface area contributed by atoms with Gasteiger partial charge in [-0.05, 0) is 58.5 Å². The Morgan fingerprint density at radius 2 is 1.78 bits per heavy atom. The predicted octanol–water partition coefficient (Wildman–Crippen LogP) is 4.07. The third kappa shape index (κ3) is 3.39. The normalized spacial score (nSPS) is 11.8. The summed E-state index contributed by atoms with van der Waals surface area (Å²) in [7, 11) is 0. The highest BCUT2D eigenvalue weighted by Gasteiger charge is 2.29. The van der Waals surface area contributed by atoms with E-state index in [1.54, 1.807) is 12.1 Å². The fourth-order valence-corrected chi connectivity index (χ4v) is 2.73. The Kier molecular flexibility index (Phi) is 4.13. The summed E-state index contributed by atoms with van der Waals surface area (Å²) in [5.41, 5.74) is 0.277. The Hall–Kier alpha value is -1.90. The van der Waals surface area contributed by atoms with E-state index in [-0.39, 0.29) is 12.1 Å². The molecule has 0 N–H and O–H groups in total. The van der Waals surface area contributed by atoms with Crippen LogP contribution in [-0.2, 0) is 12.7 Å². The molecule has 0 aliphatic carbocycles. The van der Waals surface area contributed by atoms with Crippen molar-refractivity contribution < 1.29 is 13.2 Å². The van der Waals surface area contributed by atoms with Gasteiger partial charge in [0.1, 0.15) is 0 Å². The van der Waals surface area contributed by atoms with Gasteiger partial charge in [0.15, 0.2) is 0 Å². The topological polar surface area (TPSA) is 34.9 Å². The molecule has 0 saturated heterocycles. The minimum Gasteiger partial charge on any atom is -0.294 e. The Bertz CT molecular complexity index is 917. The van der Waals surface area contributed by atoms with Crippen molar-refractivity contribution in [3.63, 3.8) is 0 Å². The second-order valence-electron chi connectivity index (χ2n) is 5.03. The Morgan fingerprint density at radius 3 is 2.43 bits per heavy atom. The van der Waals surface area contributed by atoms with Crippen molar-refractivity contribution in [3.05, 3.63) is 73.8 Å². The van der Waals surface area contributed by atoms with Gasteiger partial charge in [-0.3, -0.25) is 9.36 Å². The van der Waals surface area contributed by atoms with Crippen LogP contribution in [0.25, 0.3) is 10.9 Å². The SMILES string of the molecule is O=c1c2cc(I)ccc2ncn1Cc1ccc(C(F)(F)F)cc1. The molecule has 0 unspecified atom stereocenters. The highest BCUT2D eigenvalue weighted by molar-refractivity contribution is 14.1. The first-order valence-electron chi connectivity index (χ1n) is 6.65. The lowest BCUT2D eigenvalue weighted by atomic mass is 10.1. The van der Waals surface area contributed by atoms with Crippen molar-refractivity contribution in [1.29, 1.82) is 0 Å². The fraction of sp³-hybridized carbons (Fsp3) is 0.125. The molecule has 3 aromatic rings. The number of hydrogen-bond acceptors (Lipinski definition) is 2. The van der Waals surface area contributed by atoms with Crippen molar-refractivity contribution >= 4 is 33.5 Å². The molecule has 0 spiro atoms. The van der Waals surface area contributed by atoms with Crippen molar-refractivity contribution in [2.45, 2.75) is 12.7 Å². The molecule has 1 aromatic heterocycles. The molecular weight excluding hydrogens is 420 g/mol. The number of benzene rings is 2. The van der Waals surface area contributed by atoms with Gasteiger partial charge in [-0.2, -0.15) is 13.2 Å². The zero-order chi connectivity index (χ0) is 16.6. The van der Waals surface area contributed by atoms with Crippen molar-refractivity contribution in [2.24, 2.45) is 0 Å². The number of hydrogen-bond donors (Lipinski definition) is 0. The molecule has 0 bridgehead atoms. The van der Waals surface area contributed by atoms with Crippen LogP contribution in [0.4, 0.5) is 13.2 Å². The maximum atomic E-state index is 12.6. The zero-order valence-corrected chi connectivity index (χ0v) is 13.8. The monoisotopic (exact) mass is 430 g/mol. The van der Waals surface area contributed by atoms with E-state index in [4.69, 9.17) is 0 Å². The first-order chi connectivity index (χ1) is 10.8. The molecule has 0 aliphatic rings. The zero-order valence-electron chi connectivity index (χ0n) is 11.6. The van der Waals surface area contributed by atoms with Crippen LogP contribution in [0.3, 0.4) is 0 Å². The van der Waals surface area contributed by atoms with E-state index in [0.717, 1.165) is 15.7 Å². The molecule has 0 fully saturated rings. The number of alkyl halides is 3. The van der Waals surface area contributed by atoms with Crippen LogP contribution in [-0.4, -0.2) is 9.55 Å². The Balaban J connectivity index is 1.95. The van der Waals surface area contributed by atoms with E-state index < -0.39 is 11.7 Å². The fourth-order valence-electron chi connectivity index (χ4n) is 2.24. The molecule has 1 heterocycles. The molecule has 0 amide bonds. The van der Waals surface area contributed by atoms with Crippen LogP contribution >= 0.6 is 22.6 Å². The molecule has 2 aromatic carbocycles. The van der Waals surface area contributed by atoms with Crippen LogP contribution in [0.5, 0.6) is 0 Å². The average molecular weight is 430 g/mol. The minimum absolute atomic E-state index is 0.172. The third-order valence-corrected chi connectivity index (χ3v) is 4.09. The number of halogens is 4. The van der Waals surface area contributed by atoms with Gasteiger partial charge in [0.05, 0.1) is 29.3 Å².